The molecule has 10 heteroatoms. The Labute approximate surface area is 168 Å². The molecule has 1 rings (SSSR count). The number of carboxylic acid groups (broad SMARTS) is 2. The number of aliphatic carboxylic acids is 2. The minimum absolute atomic E-state index is 0.00943. The third-order valence-corrected chi connectivity index (χ3v) is 4.56. The van der Waals surface area contributed by atoms with E-state index < -0.39 is 48.3 Å². The summed E-state index contributed by atoms with van der Waals surface area (Å²) in [7, 11) is 0. The fourth-order valence-electron chi connectivity index (χ4n) is 2.50. The van der Waals surface area contributed by atoms with Crippen LogP contribution in [0.4, 0.5) is 0 Å². The molecular formula is C19H27N3O7. The van der Waals surface area contributed by atoms with E-state index in [1.54, 1.807) is 19.1 Å². The number of hydrogen-bond acceptors (Lipinski definition) is 6. The average molecular weight is 409 g/mol. The highest BCUT2D eigenvalue weighted by atomic mass is 16.4. The Morgan fingerprint density at radius 3 is 2.03 bits per heavy atom. The van der Waals surface area contributed by atoms with Gasteiger partial charge in [0.05, 0.1) is 12.5 Å². The van der Waals surface area contributed by atoms with E-state index in [4.69, 9.17) is 15.9 Å². The predicted molar refractivity (Wildman–Crippen MR) is 103 cm³/mol. The van der Waals surface area contributed by atoms with Crippen LogP contribution in [0.15, 0.2) is 24.3 Å². The van der Waals surface area contributed by atoms with Crippen molar-refractivity contribution in [3.8, 4) is 5.75 Å². The van der Waals surface area contributed by atoms with Gasteiger partial charge < -0.3 is 31.7 Å². The summed E-state index contributed by atoms with van der Waals surface area (Å²) < 4.78 is 0. The van der Waals surface area contributed by atoms with E-state index in [1.165, 1.54) is 12.1 Å². The number of nitrogens with one attached hydrogen (secondary N) is 2. The fraction of sp³-hybridized carbons (Fsp3) is 0.474. The molecule has 4 atom stereocenters. The van der Waals surface area contributed by atoms with Crippen molar-refractivity contribution in [3.05, 3.63) is 29.8 Å². The molecule has 0 bridgehead atoms. The van der Waals surface area contributed by atoms with Gasteiger partial charge in [-0.3, -0.25) is 14.4 Å². The normalized spacial score (nSPS) is 14.9. The van der Waals surface area contributed by atoms with Crippen molar-refractivity contribution in [1.82, 2.24) is 10.6 Å². The number of benzene rings is 1. The summed E-state index contributed by atoms with van der Waals surface area (Å²) in [6.07, 6.45) is -0.180. The first kappa shape index (κ1) is 23.9. The van der Waals surface area contributed by atoms with E-state index in [-0.39, 0.29) is 18.1 Å². The van der Waals surface area contributed by atoms with E-state index >= 15 is 0 Å². The van der Waals surface area contributed by atoms with Crippen LogP contribution in [0.1, 0.15) is 32.3 Å². The largest absolute Gasteiger partial charge is 0.508 e. The number of carbonyl (C=O) groups is 4. The lowest BCUT2D eigenvalue weighted by Crippen LogP contribution is -2.56. The van der Waals surface area contributed by atoms with Crippen LogP contribution in [0, 0.1) is 5.92 Å². The first-order chi connectivity index (χ1) is 13.5. The molecule has 1 aromatic rings. The maximum Gasteiger partial charge on any atom is 0.326 e. The SMILES string of the molecule is CCC(C)C(N)C(=O)NC(Cc1ccc(O)cc1)C(=O)NC(CC(=O)O)C(=O)O. The minimum Gasteiger partial charge on any atom is -0.508 e. The van der Waals surface area contributed by atoms with Crippen LogP contribution in [0.25, 0.3) is 0 Å². The second-order valence-electron chi connectivity index (χ2n) is 6.84. The van der Waals surface area contributed by atoms with Crippen LogP contribution in [-0.4, -0.2) is 57.2 Å². The highest BCUT2D eigenvalue weighted by Crippen LogP contribution is 2.12. The maximum atomic E-state index is 12.6. The van der Waals surface area contributed by atoms with Crippen LogP contribution in [0.2, 0.25) is 0 Å². The van der Waals surface area contributed by atoms with Crippen molar-refractivity contribution in [2.75, 3.05) is 0 Å². The molecule has 0 saturated carbocycles. The van der Waals surface area contributed by atoms with Crippen LogP contribution in [0.3, 0.4) is 0 Å². The van der Waals surface area contributed by atoms with Crippen molar-refractivity contribution in [2.45, 2.75) is 51.2 Å². The monoisotopic (exact) mass is 409 g/mol. The second kappa shape index (κ2) is 11.0. The molecule has 0 aliphatic rings. The Bertz CT molecular complexity index is 736. The number of amides is 2. The fourth-order valence-corrected chi connectivity index (χ4v) is 2.50. The van der Waals surface area contributed by atoms with Gasteiger partial charge in [-0.2, -0.15) is 0 Å². The zero-order valence-corrected chi connectivity index (χ0v) is 16.3. The Morgan fingerprint density at radius 1 is 1.00 bits per heavy atom. The van der Waals surface area contributed by atoms with Crippen molar-refractivity contribution < 1.29 is 34.5 Å². The lowest BCUT2D eigenvalue weighted by atomic mass is 9.98. The summed E-state index contributed by atoms with van der Waals surface area (Å²) in [5.74, 6) is -4.46. The van der Waals surface area contributed by atoms with Crippen LogP contribution in [0.5, 0.6) is 5.75 Å². The van der Waals surface area contributed by atoms with E-state index in [0.29, 0.717) is 12.0 Å². The molecule has 0 radical (unpaired) electrons. The first-order valence-corrected chi connectivity index (χ1v) is 9.14. The highest BCUT2D eigenvalue weighted by molar-refractivity contribution is 5.93. The van der Waals surface area contributed by atoms with Crippen LogP contribution < -0.4 is 16.4 Å². The van der Waals surface area contributed by atoms with Gasteiger partial charge in [0, 0.05) is 6.42 Å². The lowest BCUT2D eigenvalue weighted by Gasteiger charge is -2.24. The van der Waals surface area contributed by atoms with E-state index in [9.17, 15) is 24.3 Å². The van der Waals surface area contributed by atoms with Crippen molar-refractivity contribution in [1.29, 1.82) is 0 Å². The van der Waals surface area contributed by atoms with Crippen LogP contribution in [-0.2, 0) is 25.6 Å². The number of aromatic hydroxyl groups is 1. The molecule has 7 N–H and O–H groups in total. The molecule has 0 fully saturated rings. The van der Waals surface area contributed by atoms with Gasteiger partial charge in [-0.1, -0.05) is 32.4 Å². The third kappa shape index (κ3) is 7.78. The van der Waals surface area contributed by atoms with Crippen molar-refractivity contribution in [2.24, 2.45) is 11.7 Å². The number of rotatable bonds is 11. The minimum atomic E-state index is -1.65. The number of carboxylic acids is 2. The number of nitrogens with two attached hydrogens (primary N) is 1. The zero-order chi connectivity index (χ0) is 22.1. The molecule has 2 amide bonds. The summed E-state index contributed by atoms with van der Waals surface area (Å²) in [4.78, 5) is 47.1. The van der Waals surface area contributed by atoms with Gasteiger partial charge in [-0.05, 0) is 23.6 Å². The van der Waals surface area contributed by atoms with Gasteiger partial charge in [-0.15, -0.1) is 0 Å². The molecule has 4 unspecified atom stereocenters. The predicted octanol–water partition coefficient (Wildman–Crippen LogP) is -0.163. The molecule has 160 valence electrons. The third-order valence-electron chi connectivity index (χ3n) is 4.56. The quantitative estimate of drug-likeness (QED) is 0.292. The molecule has 0 spiro atoms. The number of phenols is 1. The summed E-state index contributed by atoms with van der Waals surface area (Å²) in [6, 6.07) is 2.19. The molecule has 0 aliphatic carbocycles. The molecule has 1 aromatic carbocycles. The van der Waals surface area contributed by atoms with Gasteiger partial charge in [0.25, 0.3) is 0 Å². The molecule has 0 heterocycles. The summed E-state index contributed by atoms with van der Waals surface area (Å²) in [5, 5.41) is 32.0. The standard InChI is InChI=1S/C19H27N3O7/c1-3-10(2)16(20)18(27)21-13(8-11-4-6-12(23)7-5-11)17(26)22-14(19(28)29)9-15(24)25/h4-7,10,13-14,16,23H,3,8-9,20H2,1-2H3,(H,21,27)(H,22,26)(H,24,25)(H,28,29). The first-order valence-electron chi connectivity index (χ1n) is 9.14. The summed E-state index contributed by atoms with van der Waals surface area (Å²) >= 11 is 0. The Balaban J connectivity index is 3.02. The van der Waals surface area contributed by atoms with E-state index in [1.807, 2.05) is 6.92 Å². The smallest absolute Gasteiger partial charge is 0.326 e. The second-order valence-corrected chi connectivity index (χ2v) is 6.84. The van der Waals surface area contributed by atoms with Crippen LogP contribution >= 0.6 is 0 Å². The Morgan fingerprint density at radius 2 is 1.55 bits per heavy atom. The van der Waals surface area contributed by atoms with Crippen molar-refractivity contribution >= 4 is 23.8 Å². The lowest BCUT2D eigenvalue weighted by molar-refractivity contribution is -0.147. The number of hydrogen-bond donors (Lipinski definition) is 6. The molecule has 10 nitrogen and oxygen atoms in total. The summed E-state index contributed by atoms with van der Waals surface area (Å²) in [5.41, 5.74) is 6.49. The van der Waals surface area contributed by atoms with Gasteiger partial charge in [-0.25, -0.2) is 4.79 Å². The molecule has 29 heavy (non-hydrogen) atoms. The van der Waals surface area contributed by atoms with E-state index in [2.05, 4.69) is 10.6 Å². The summed E-state index contributed by atoms with van der Waals surface area (Å²) in [6.45, 7) is 3.65. The van der Waals surface area contributed by atoms with Gasteiger partial charge in [0.2, 0.25) is 11.8 Å². The van der Waals surface area contributed by atoms with Gasteiger partial charge in [0.1, 0.15) is 17.8 Å². The van der Waals surface area contributed by atoms with E-state index in [0.717, 1.165) is 0 Å². The molecule has 0 aliphatic heterocycles. The van der Waals surface area contributed by atoms with Crippen molar-refractivity contribution in [3.63, 3.8) is 0 Å². The average Bonchev–Trinajstić information content (AvgIpc) is 2.66. The molecule has 0 saturated heterocycles. The van der Waals surface area contributed by atoms with Gasteiger partial charge >= 0.3 is 11.9 Å². The Kier molecular flexibility index (Phi) is 9.07. The number of phenolic OH excluding ortho intramolecular Hbond substituents is 1. The topological polar surface area (TPSA) is 179 Å². The van der Waals surface area contributed by atoms with Gasteiger partial charge in [0.15, 0.2) is 0 Å². The highest BCUT2D eigenvalue weighted by Gasteiger charge is 2.30. The molecular weight excluding hydrogens is 382 g/mol. The number of carbonyl (C=O) groups excluding carboxylic acids is 2. The maximum absolute atomic E-state index is 12.6. The Hall–Kier alpha value is -3.14. The zero-order valence-electron chi connectivity index (χ0n) is 16.3. The molecule has 0 aromatic heterocycles.